The fraction of sp³-hybridized carbons (Fsp3) is 0.520. The van der Waals surface area contributed by atoms with Crippen LogP contribution in [0.25, 0.3) is 0 Å². The molecule has 2 atom stereocenters. The van der Waals surface area contributed by atoms with Gasteiger partial charge in [0, 0.05) is 24.8 Å². The van der Waals surface area contributed by atoms with E-state index in [-0.39, 0.29) is 6.04 Å². The summed E-state index contributed by atoms with van der Waals surface area (Å²) in [7, 11) is 3.69. The van der Waals surface area contributed by atoms with Crippen molar-refractivity contribution >= 4 is 5.69 Å². The van der Waals surface area contributed by atoms with Gasteiger partial charge in [-0.05, 0) is 83.5 Å². The Kier molecular flexibility index (Phi) is 9.63. The van der Waals surface area contributed by atoms with Crippen LogP contribution in [-0.4, -0.2) is 56.2 Å². The molecule has 0 saturated carbocycles. The molecular weight excluding hydrogens is 374 g/mol. The van der Waals surface area contributed by atoms with Crippen LogP contribution in [0.15, 0.2) is 60.2 Å². The van der Waals surface area contributed by atoms with Crippen molar-refractivity contribution in [1.29, 1.82) is 0 Å². The van der Waals surface area contributed by atoms with Crippen molar-refractivity contribution in [1.82, 2.24) is 10.2 Å². The number of piperidine rings is 1. The third kappa shape index (κ3) is 7.01. The van der Waals surface area contributed by atoms with Crippen molar-refractivity contribution < 1.29 is 9.84 Å². The molecule has 0 aromatic heterocycles. The summed E-state index contributed by atoms with van der Waals surface area (Å²) in [5.41, 5.74) is 3.58. The lowest BCUT2D eigenvalue weighted by Gasteiger charge is -2.34. The normalized spacial score (nSPS) is 18.1. The first-order valence-corrected chi connectivity index (χ1v) is 11.0. The van der Waals surface area contributed by atoms with Crippen molar-refractivity contribution in [3.05, 3.63) is 60.2 Å². The zero-order chi connectivity index (χ0) is 22.1. The zero-order valence-electron chi connectivity index (χ0n) is 19.3. The number of anilines is 1. The number of benzene rings is 1. The third-order valence-corrected chi connectivity index (χ3v) is 5.74. The van der Waals surface area contributed by atoms with Gasteiger partial charge in [0.25, 0.3) is 0 Å². The minimum absolute atomic E-state index is 0.0537. The number of ether oxygens (including phenoxy) is 1. The molecule has 1 aliphatic heterocycles. The summed E-state index contributed by atoms with van der Waals surface area (Å²) in [6.07, 6.45) is 7.90. The molecule has 1 fully saturated rings. The highest BCUT2D eigenvalue weighted by molar-refractivity contribution is 5.49. The summed E-state index contributed by atoms with van der Waals surface area (Å²) in [4.78, 5) is 4.18. The highest BCUT2D eigenvalue weighted by atomic mass is 16.5. The number of rotatable bonds is 10. The van der Waals surface area contributed by atoms with Crippen molar-refractivity contribution in [2.45, 2.75) is 46.0 Å². The molecule has 30 heavy (non-hydrogen) atoms. The smallest absolute Gasteiger partial charge is 0.162 e. The second-order valence-corrected chi connectivity index (χ2v) is 8.11. The van der Waals surface area contributed by atoms with Crippen LogP contribution in [0, 0.1) is 5.92 Å². The summed E-state index contributed by atoms with van der Waals surface area (Å²) in [6.45, 7) is 13.2. The Morgan fingerprint density at radius 3 is 2.43 bits per heavy atom. The van der Waals surface area contributed by atoms with Gasteiger partial charge in [-0.25, -0.2) is 0 Å². The topological polar surface area (TPSA) is 48.0 Å². The molecule has 166 valence electrons. The highest BCUT2D eigenvalue weighted by Crippen LogP contribution is 2.29. The molecule has 0 bridgehead atoms. The maximum Gasteiger partial charge on any atom is 0.162 e. The Labute approximate surface area is 182 Å². The molecule has 5 heteroatoms. The van der Waals surface area contributed by atoms with E-state index in [9.17, 15) is 5.11 Å². The van der Waals surface area contributed by atoms with E-state index in [0.717, 1.165) is 37.3 Å². The second kappa shape index (κ2) is 11.9. The van der Waals surface area contributed by atoms with Crippen molar-refractivity contribution in [3.8, 4) is 5.75 Å². The summed E-state index contributed by atoms with van der Waals surface area (Å²) in [5.74, 6) is 1.44. The van der Waals surface area contributed by atoms with Crippen LogP contribution in [-0.2, 0) is 0 Å². The van der Waals surface area contributed by atoms with Gasteiger partial charge in [-0.15, -0.1) is 0 Å². The fourth-order valence-electron chi connectivity index (χ4n) is 3.73. The van der Waals surface area contributed by atoms with Crippen molar-refractivity contribution in [3.63, 3.8) is 0 Å². The molecule has 5 nitrogen and oxygen atoms in total. The van der Waals surface area contributed by atoms with Crippen LogP contribution < -0.4 is 15.0 Å². The van der Waals surface area contributed by atoms with E-state index in [1.807, 2.05) is 40.1 Å². The lowest BCUT2D eigenvalue weighted by atomic mass is 9.89. The van der Waals surface area contributed by atoms with E-state index >= 15 is 0 Å². The Morgan fingerprint density at radius 2 is 1.90 bits per heavy atom. The molecule has 0 radical (unpaired) electrons. The molecule has 1 saturated heterocycles. The van der Waals surface area contributed by atoms with Gasteiger partial charge in [0.05, 0.1) is 6.61 Å². The van der Waals surface area contributed by atoms with Crippen LogP contribution in [0.5, 0.6) is 5.75 Å². The van der Waals surface area contributed by atoms with E-state index < -0.39 is 6.35 Å². The minimum atomic E-state index is -0.668. The van der Waals surface area contributed by atoms with Gasteiger partial charge in [0.15, 0.2) is 6.35 Å². The van der Waals surface area contributed by atoms with Gasteiger partial charge in [-0.3, -0.25) is 10.2 Å². The number of hydrogen-bond acceptors (Lipinski definition) is 5. The number of aliphatic hydroxyl groups excluding tert-OH is 1. The van der Waals surface area contributed by atoms with Gasteiger partial charge < -0.3 is 14.7 Å². The minimum Gasteiger partial charge on any atom is -0.494 e. The largest absolute Gasteiger partial charge is 0.494 e. The number of allylic oxidation sites excluding steroid dienone is 3. The molecule has 1 heterocycles. The molecule has 2 N–H and O–H groups in total. The Balaban J connectivity index is 1.86. The number of nitrogens with zero attached hydrogens (tertiary/aromatic N) is 2. The van der Waals surface area contributed by atoms with Crippen LogP contribution in [0.4, 0.5) is 5.69 Å². The van der Waals surface area contributed by atoms with Crippen molar-refractivity contribution in [2.75, 3.05) is 38.7 Å². The first kappa shape index (κ1) is 24.2. The molecule has 0 spiro atoms. The molecule has 1 aromatic carbocycles. The monoisotopic (exact) mass is 413 g/mol. The standard InChI is InChI=1S/C25H39N3O2/c1-7-21(20(4)26-25(29)27(5)6)10-9-19(3)22-15-17-28(18-16-22)23-11-13-24(14-12-23)30-8-2/h7,9-14,20,22,25-26,29H,3,8,15-18H2,1-2,4-6H3/b10-9-,21-7+/t20-,25?/m0/s1. The van der Waals surface area contributed by atoms with E-state index in [1.54, 1.807) is 4.90 Å². The molecule has 1 aromatic rings. The molecule has 1 aliphatic rings. The zero-order valence-corrected chi connectivity index (χ0v) is 19.3. The summed E-state index contributed by atoms with van der Waals surface area (Å²) in [6, 6.07) is 8.45. The Hall–Kier alpha value is -2.08. The summed E-state index contributed by atoms with van der Waals surface area (Å²) >= 11 is 0. The van der Waals surface area contributed by atoms with E-state index in [1.165, 1.54) is 11.3 Å². The first-order chi connectivity index (χ1) is 14.3. The van der Waals surface area contributed by atoms with Crippen LogP contribution >= 0.6 is 0 Å². The van der Waals surface area contributed by atoms with E-state index in [2.05, 4.69) is 54.1 Å². The molecular formula is C25H39N3O2. The molecule has 0 aliphatic carbocycles. The quantitative estimate of drug-likeness (QED) is 0.445. The predicted octanol–water partition coefficient (Wildman–Crippen LogP) is 4.18. The Morgan fingerprint density at radius 1 is 1.27 bits per heavy atom. The first-order valence-electron chi connectivity index (χ1n) is 11.0. The van der Waals surface area contributed by atoms with Gasteiger partial charge in [0.2, 0.25) is 0 Å². The van der Waals surface area contributed by atoms with Crippen molar-refractivity contribution in [2.24, 2.45) is 5.92 Å². The number of aliphatic hydroxyl groups is 1. The second-order valence-electron chi connectivity index (χ2n) is 8.11. The number of nitrogens with one attached hydrogen (secondary N) is 1. The molecule has 0 amide bonds. The highest BCUT2D eigenvalue weighted by Gasteiger charge is 2.21. The average Bonchev–Trinajstić information content (AvgIpc) is 2.74. The maximum atomic E-state index is 10.0. The fourth-order valence-corrected chi connectivity index (χ4v) is 3.73. The summed E-state index contributed by atoms with van der Waals surface area (Å²) in [5, 5.41) is 13.2. The van der Waals surface area contributed by atoms with E-state index in [4.69, 9.17) is 4.74 Å². The third-order valence-electron chi connectivity index (χ3n) is 5.74. The molecule has 2 rings (SSSR count). The van der Waals surface area contributed by atoms with Crippen LogP contribution in [0.3, 0.4) is 0 Å². The van der Waals surface area contributed by atoms with Gasteiger partial charge in [0.1, 0.15) is 5.75 Å². The SMILES string of the molecule is C=C(/C=C\C(=C/C)[C@H](C)NC(O)N(C)C)C1CCN(c2ccc(OCC)cc2)CC1. The van der Waals surface area contributed by atoms with Gasteiger partial charge >= 0.3 is 0 Å². The lowest BCUT2D eigenvalue weighted by molar-refractivity contribution is 0.00625. The van der Waals surface area contributed by atoms with Crippen LogP contribution in [0.2, 0.25) is 0 Å². The van der Waals surface area contributed by atoms with Crippen LogP contribution in [0.1, 0.15) is 33.6 Å². The number of hydrogen-bond donors (Lipinski definition) is 2. The summed E-state index contributed by atoms with van der Waals surface area (Å²) < 4.78 is 5.54. The average molecular weight is 414 g/mol. The van der Waals surface area contributed by atoms with E-state index in [0.29, 0.717) is 12.5 Å². The Bertz CT molecular complexity index is 716. The lowest BCUT2D eigenvalue weighted by Crippen LogP contribution is -2.46. The molecule has 1 unspecified atom stereocenters. The van der Waals surface area contributed by atoms with Gasteiger partial charge in [-0.2, -0.15) is 0 Å². The maximum absolute atomic E-state index is 10.0. The van der Waals surface area contributed by atoms with Gasteiger partial charge in [-0.1, -0.05) is 30.4 Å². The predicted molar refractivity (Wildman–Crippen MR) is 127 cm³/mol.